The van der Waals surface area contributed by atoms with E-state index in [1.807, 2.05) is 19.1 Å². The predicted molar refractivity (Wildman–Crippen MR) is 71.7 cm³/mol. The van der Waals surface area contributed by atoms with Gasteiger partial charge in [-0.1, -0.05) is 25.1 Å². The molecule has 0 radical (unpaired) electrons. The molecule has 0 saturated carbocycles. The van der Waals surface area contributed by atoms with Gasteiger partial charge >= 0.3 is 0 Å². The molecule has 0 saturated heterocycles. The minimum absolute atomic E-state index is 0.314. The van der Waals surface area contributed by atoms with E-state index in [1.54, 1.807) is 24.4 Å². The number of rotatable bonds is 4. The Morgan fingerprint density at radius 3 is 2.76 bits per heavy atom. The summed E-state index contributed by atoms with van der Waals surface area (Å²) in [7, 11) is -2.32. The van der Waals surface area contributed by atoms with Crippen molar-refractivity contribution in [1.29, 1.82) is 0 Å². The van der Waals surface area contributed by atoms with Crippen molar-refractivity contribution >= 4 is 30.6 Å². The summed E-state index contributed by atoms with van der Waals surface area (Å²) in [6.07, 6.45) is 2.45. The third-order valence-electron chi connectivity index (χ3n) is 2.31. The monoisotopic (exact) mass is 267 g/mol. The van der Waals surface area contributed by atoms with E-state index in [1.165, 1.54) is 0 Å². The number of benzene rings is 1. The molecule has 0 aliphatic rings. The first kappa shape index (κ1) is 12.4. The molecule has 0 aliphatic heterocycles. The van der Waals surface area contributed by atoms with E-state index in [2.05, 4.69) is 4.98 Å². The van der Waals surface area contributed by atoms with E-state index in [0.717, 1.165) is 22.6 Å². The highest BCUT2D eigenvalue weighted by atomic mass is 33.1. The number of aromatic nitrogens is 1. The van der Waals surface area contributed by atoms with Crippen LogP contribution in [0.15, 0.2) is 41.4 Å². The van der Waals surface area contributed by atoms with Crippen molar-refractivity contribution in [1.82, 2.24) is 4.98 Å². The molecule has 17 heavy (non-hydrogen) atoms. The Hall–Kier alpha value is -1.07. The molecular weight excluding hydrogens is 254 g/mol. The molecule has 3 nitrogen and oxygen atoms in total. The highest BCUT2D eigenvalue weighted by molar-refractivity contribution is 8.72. The lowest BCUT2D eigenvalue weighted by Gasteiger charge is -2.05. The second-order valence-corrected chi connectivity index (χ2v) is 7.62. The molecule has 0 amide bonds. The van der Waals surface area contributed by atoms with Gasteiger partial charge in [0.25, 0.3) is 0 Å². The van der Waals surface area contributed by atoms with Crippen LogP contribution in [0, 0.1) is 0 Å². The Bertz CT molecular complexity index is 618. The van der Waals surface area contributed by atoms with E-state index in [9.17, 15) is 8.42 Å². The number of fused-ring (bicyclic) bond motifs is 1. The number of nitrogens with zero attached hydrogens (tertiary/aromatic N) is 1. The SMILES string of the molecule is CCCSS(=O)(=O)c1cccc2cccnc12. The Balaban J connectivity index is 2.55. The molecule has 1 aromatic carbocycles. The average molecular weight is 267 g/mol. The lowest BCUT2D eigenvalue weighted by atomic mass is 10.2. The highest BCUT2D eigenvalue weighted by Gasteiger charge is 2.18. The van der Waals surface area contributed by atoms with Gasteiger partial charge in [-0.2, -0.15) is 0 Å². The summed E-state index contributed by atoms with van der Waals surface area (Å²) in [5, 5.41) is 0.852. The van der Waals surface area contributed by atoms with Gasteiger partial charge in [0, 0.05) is 17.3 Å². The minimum Gasteiger partial charge on any atom is -0.255 e. The Labute approximate surface area is 105 Å². The molecule has 2 rings (SSSR count). The second kappa shape index (κ2) is 5.06. The zero-order valence-electron chi connectivity index (χ0n) is 9.46. The maximum Gasteiger partial charge on any atom is 0.232 e. The second-order valence-electron chi connectivity index (χ2n) is 3.61. The van der Waals surface area contributed by atoms with Crippen LogP contribution in [0.2, 0.25) is 0 Å². The molecule has 0 atom stereocenters. The van der Waals surface area contributed by atoms with Crippen LogP contribution in [0.5, 0.6) is 0 Å². The Morgan fingerprint density at radius 1 is 1.24 bits per heavy atom. The van der Waals surface area contributed by atoms with E-state index in [-0.39, 0.29) is 0 Å². The zero-order valence-corrected chi connectivity index (χ0v) is 11.1. The molecule has 90 valence electrons. The number of hydrogen-bond donors (Lipinski definition) is 0. The third kappa shape index (κ3) is 2.61. The molecule has 0 bridgehead atoms. The Kier molecular flexibility index (Phi) is 3.69. The topological polar surface area (TPSA) is 47.0 Å². The van der Waals surface area contributed by atoms with Gasteiger partial charge < -0.3 is 0 Å². The summed E-state index contributed by atoms with van der Waals surface area (Å²) < 4.78 is 24.3. The van der Waals surface area contributed by atoms with Crippen molar-refractivity contribution in [2.75, 3.05) is 5.75 Å². The summed E-state index contributed by atoms with van der Waals surface area (Å²) in [6, 6.07) is 8.91. The van der Waals surface area contributed by atoms with Crippen molar-refractivity contribution in [3.8, 4) is 0 Å². The van der Waals surface area contributed by atoms with Crippen LogP contribution in [-0.4, -0.2) is 19.2 Å². The number of pyridine rings is 1. The first-order valence-corrected chi connectivity index (χ1v) is 8.37. The summed E-state index contributed by atoms with van der Waals surface area (Å²) in [5.41, 5.74) is 0.554. The average Bonchev–Trinajstić information content (AvgIpc) is 2.36. The van der Waals surface area contributed by atoms with Crippen molar-refractivity contribution in [2.45, 2.75) is 18.2 Å². The van der Waals surface area contributed by atoms with Crippen molar-refractivity contribution in [3.63, 3.8) is 0 Å². The van der Waals surface area contributed by atoms with Gasteiger partial charge in [0.1, 0.15) is 4.90 Å². The lowest BCUT2D eigenvalue weighted by molar-refractivity contribution is 0.611. The van der Waals surface area contributed by atoms with Crippen LogP contribution in [0.1, 0.15) is 13.3 Å². The fourth-order valence-electron chi connectivity index (χ4n) is 1.53. The van der Waals surface area contributed by atoms with Gasteiger partial charge in [-0.25, -0.2) is 8.42 Å². The van der Waals surface area contributed by atoms with Crippen LogP contribution in [0.3, 0.4) is 0 Å². The summed E-state index contributed by atoms with van der Waals surface area (Å²) in [6.45, 7) is 1.96. The third-order valence-corrected chi connectivity index (χ3v) is 6.03. The quantitative estimate of drug-likeness (QED) is 0.799. The van der Waals surface area contributed by atoms with E-state index in [0.29, 0.717) is 16.2 Å². The molecule has 0 aliphatic carbocycles. The zero-order chi connectivity index (χ0) is 12.3. The molecule has 1 heterocycles. The number of hydrogen-bond acceptors (Lipinski definition) is 4. The fourth-order valence-corrected chi connectivity index (χ4v) is 4.64. The number of para-hydroxylation sites is 1. The van der Waals surface area contributed by atoms with E-state index >= 15 is 0 Å². The maximum absolute atomic E-state index is 12.1. The summed E-state index contributed by atoms with van der Waals surface area (Å²) in [5.74, 6) is 0.603. The molecule has 0 unspecified atom stereocenters. The van der Waals surface area contributed by atoms with Crippen molar-refractivity contribution < 1.29 is 8.42 Å². The lowest BCUT2D eigenvalue weighted by Crippen LogP contribution is -1.98. The van der Waals surface area contributed by atoms with Gasteiger partial charge in [0.05, 0.1) is 5.52 Å². The maximum atomic E-state index is 12.1. The van der Waals surface area contributed by atoms with Crippen LogP contribution in [0.25, 0.3) is 10.9 Å². The van der Waals surface area contributed by atoms with Crippen LogP contribution >= 0.6 is 10.8 Å². The van der Waals surface area contributed by atoms with Gasteiger partial charge in [-0.05, 0) is 29.3 Å². The fraction of sp³-hybridized carbons (Fsp3) is 0.250. The predicted octanol–water partition coefficient (Wildman–Crippen LogP) is 3.07. The summed E-state index contributed by atoms with van der Waals surface area (Å²) in [4.78, 5) is 4.48. The van der Waals surface area contributed by atoms with Crippen LogP contribution in [-0.2, 0) is 8.87 Å². The molecule has 0 N–H and O–H groups in total. The van der Waals surface area contributed by atoms with Gasteiger partial charge in [0.2, 0.25) is 8.87 Å². The molecule has 1 aromatic heterocycles. The van der Waals surface area contributed by atoms with Crippen molar-refractivity contribution in [3.05, 3.63) is 36.5 Å². The van der Waals surface area contributed by atoms with Crippen molar-refractivity contribution in [2.24, 2.45) is 0 Å². The molecule has 0 fully saturated rings. The summed E-state index contributed by atoms with van der Waals surface area (Å²) >= 11 is 0. The van der Waals surface area contributed by atoms with Gasteiger partial charge in [-0.3, -0.25) is 4.98 Å². The molecular formula is C12H13NO2S2. The molecule has 0 spiro atoms. The van der Waals surface area contributed by atoms with Crippen LogP contribution < -0.4 is 0 Å². The first-order chi connectivity index (χ1) is 8.15. The van der Waals surface area contributed by atoms with Crippen LogP contribution in [0.4, 0.5) is 0 Å². The van der Waals surface area contributed by atoms with E-state index in [4.69, 9.17) is 0 Å². The highest BCUT2D eigenvalue weighted by Crippen LogP contribution is 2.28. The minimum atomic E-state index is -3.29. The normalized spacial score (nSPS) is 11.8. The smallest absolute Gasteiger partial charge is 0.232 e. The first-order valence-electron chi connectivity index (χ1n) is 5.38. The standard InChI is InChI=1S/C12H13NO2S2/c1-2-9-16-17(14,15)11-7-3-5-10-6-4-8-13-12(10)11/h3-8H,2,9H2,1H3. The van der Waals surface area contributed by atoms with E-state index < -0.39 is 8.87 Å². The van der Waals surface area contributed by atoms with Gasteiger partial charge in [0.15, 0.2) is 0 Å². The molecule has 2 aromatic rings. The Morgan fingerprint density at radius 2 is 2.00 bits per heavy atom. The van der Waals surface area contributed by atoms with Gasteiger partial charge in [-0.15, -0.1) is 0 Å². The molecule has 5 heteroatoms. The largest absolute Gasteiger partial charge is 0.255 e.